The number of rotatable bonds is 5. The molecule has 0 radical (unpaired) electrons. The highest BCUT2D eigenvalue weighted by Gasteiger charge is 2.23. The number of carbonyl (C=O) groups is 3. The summed E-state index contributed by atoms with van der Waals surface area (Å²) in [6.07, 6.45) is 0. The molecule has 0 aromatic carbocycles. The van der Waals surface area contributed by atoms with E-state index in [0.29, 0.717) is 0 Å². The van der Waals surface area contributed by atoms with E-state index in [2.05, 4.69) is 10.2 Å². The standard InChI is InChI=1S/C9H9Cl2N5O3/c10-5-1-4(8(11)15-14-5)9(19)16(2-6(12)17)3-7(13)18/h1H,2-3H2,(H2,12,17)(H2,13,18). The molecule has 1 heterocycles. The Morgan fingerprint density at radius 3 is 2.11 bits per heavy atom. The number of nitrogens with two attached hydrogens (primary N) is 2. The first-order valence-corrected chi connectivity index (χ1v) is 5.61. The van der Waals surface area contributed by atoms with Gasteiger partial charge in [-0.15, -0.1) is 10.2 Å². The SMILES string of the molecule is NC(=O)CN(CC(N)=O)C(=O)c1cc(Cl)nnc1Cl. The van der Waals surface area contributed by atoms with Gasteiger partial charge in [-0.25, -0.2) is 0 Å². The van der Waals surface area contributed by atoms with Gasteiger partial charge in [-0.1, -0.05) is 23.2 Å². The maximum absolute atomic E-state index is 12.1. The molecule has 0 aliphatic heterocycles. The highest BCUT2D eigenvalue weighted by Crippen LogP contribution is 2.17. The number of hydrogen-bond acceptors (Lipinski definition) is 5. The molecule has 102 valence electrons. The summed E-state index contributed by atoms with van der Waals surface area (Å²) in [5.74, 6) is -2.36. The molecule has 0 saturated carbocycles. The van der Waals surface area contributed by atoms with Crippen molar-refractivity contribution >= 4 is 40.9 Å². The van der Waals surface area contributed by atoms with E-state index in [1.54, 1.807) is 0 Å². The minimum absolute atomic E-state index is 0.0640. The van der Waals surface area contributed by atoms with Crippen molar-refractivity contribution in [1.29, 1.82) is 0 Å². The van der Waals surface area contributed by atoms with Gasteiger partial charge in [0.1, 0.15) is 13.1 Å². The van der Waals surface area contributed by atoms with Crippen LogP contribution in [0.1, 0.15) is 10.4 Å². The topological polar surface area (TPSA) is 132 Å². The smallest absolute Gasteiger partial charge is 0.258 e. The minimum Gasteiger partial charge on any atom is -0.368 e. The Hall–Kier alpha value is -1.93. The molecule has 0 atom stereocenters. The second-order valence-electron chi connectivity index (χ2n) is 3.47. The molecule has 8 nitrogen and oxygen atoms in total. The normalized spacial score (nSPS) is 10.0. The fourth-order valence-electron chi connectivity index (χ4n) is 1.25. The number of aromatic nitrogens is 2. The molecule has 0 saturated heterocycles. The summed E-state index contributed by atoms with van der Waals surface area (Å²) in [6.45, 7) is -0.976. The molecule has 0 spiro atoms. The highest BCUT2D eigenvalue weighted by atomic mass is 35.5. The van der Waals surface area contributed by atoms with Crippen molar-refractivity contribution in [3.63, 3.8) is 0 Å². The van der Waals surface area contributed by atoms with E-state index in [1.165, 1.54) is 0 Å². The van der Waals surface area contributed by atoms with Crippen LogP contribution in [0.15, 0.2) is 6.07 Å². The highest BCUT2D eigenvalue weighted by molar-refractivity contribution is 6.34. The Bertz CT molecular complexity index is 521. The van der Waals surface area contributed by atoms with Gasteiger partial charge >= 0.3 is 0 Å². The zero-order valence-electron chi connectivity index (χ0n) is 9.47. The number of halogens is 2. The summed E-state index contributed by atoms with van der Waals surface area (Å²) < 4.78 is 0. The first kappa shape index (κ1) is 15.1. The molecule has 0 unspecified atom stereocenters. The van der Waals surface area contributed by atoms with E-state index >= 15 is 0 Å². The Morgan fingerprint density at radius 2 is 1.63 bits per heavy atom. The molecular weight excluding hydrogens is 297 g/mol. The van der Waals surface area contributed by atoms with E-state index < -0.39 is 30.8 Å². The van der Waals surface area contributed by atoms with Crippen molar-refractivity contribution in [2.24, 2.45) is 11.5 Å². The van der Waals surface area contributed by atoms with Crippen LogP contribution in [0.5, 0.6) is 0 Å². The Balaban J connectivity index is 3.07. The predicted octanol–water partition coefficient (Wildman–Crippen LogP) is -0.804. The average molecular weight is 306 g/mol. The molecule has 4 N–H and O–H groups in total. The molecule has 0 fully saturated rings. The zero-order chi connectivity index (χ0) is 14.6. The third-order valence-corrected chi connectivity index (χ3v) is 2.39. The van der Waals surface area contributed by atoms with Crippen molar-refractivity contribution in [1.82, 2.24) is 15.1 Å². The molecule has 1 aromatic heterocycles. The lowest BCUT2D eigenvalue weighted by Gasteiger charge is -2.19. The number of hydrogen-bond donors (Lipinski definition) is 2. The molecule has 1 rings (SSSR count). The average Bonchev–Trinajstić information content (AvgIpc) is 2.29. The lowest BCUT2D eigenvalue weighted by atomic mass is 10.2. The third kappa shape index (κ3) is 4.34. The van der Waals surface area contributed by atoms with E-state index in [4.69, 9.17) is 34.7 Å². The fourth-order valence-corrected chi connectivity index (χ4v) is 1.57. The van der Waals surface area contributed by atoms with Crippen molar-refractivity contribution in [2.45, 2.75) is 0 Å². The molecule has 19 heavy (non-hydrogen) atoms. The summed E-state index contributed by atoms with van der Waals surface area (Å²) in [5.41, 5.74) is 9.85. The molecule has 1 aromatic rings. The van der Waals surface area contributed by atoms with Crippen LogP contribution in [0, 0.1) is 0 Å². The van der Waals surface area contributed by atoms with Crippen molar-refractivity contribution < 1.29 is 14.4 Å². The van der Waals surface area contributed by atoms with Gasteiger partial charge in [-0.05, 0) is 6.07 Å². The number of nitrogens with zero attached hydrogens (tertiary/aromatic N) is 3. The zero-order valence-corrected chi connectivity index (χ0v) is 11.0. The third-order valence-electron chi connectivity index (χ3n) is 1.93. The molecule has 0 aliphatic rings. The van der Waals surface area contributed by atoms with Gasteiger partial charge in [0.25, 0.3) is 5.91 Å². The van der Waals surface area contributed by atoms with Gasteiger partial charge in [0.05, 0.1) is 5.56 Å². The lowest BCUT2D eigenvalue weighted by molar-refractivity contribution is -0.121. The fraction of sp³-hybridized carbons (Fsp3) is 0.222. The molecule has 0 bridgehead atoms. The lowest BCUT2D eigenvalue weighted by Crippen LogP contribution is -2.43. The van der Waals surface area contributed by atoms with E-state index in [9.17, 15) is 14.4 Å². The summed E-state index contributed by atoms with van der Waals surface area (Å²) in [6, 6.07) is 1.16. The van der Waals surface area contributed by atoms with Crippen LogP contribution in [-0.2, 0) is 9.59 Å². The van der Waals surface area contributed by atoms with Gasteiger partial charge in [-0.2, -0.15) is 0 Å². The second kappa shape index (κ2) is 6.30. The summed E-state index contributed by atoms with van der Waals surface area (Å²) in [7, 11) is 0. The molecular formula is C9H9Cl2N5O3. The van der Waals surface area contributed by atoms with Crippen LogP contribution < -0.4 is 11.5 Å². The van der Waals surface area contributed by atoms with Crippen LogP contribution in [0.2, 0.25) is 10.3 Å². The number of carbonyl (C=O) groups excluding carboxylic acids is 3. The van der Waals surface area contributed by atoms with E-state index in [0.717, 1.165) is 11.0 Å². The van der Waals surface area contributed by atoms with Crippen molar-refractivity contribution in [3.05, 3.63) is 21.9 Å². The second-order valence-corrected chi connectivity index (χ2v) is 4.21. The quantitative estimate of drug-likeness (QED) is 0.734. The predicted molar refractivity (Wildman–Crippen MR) is 66.3 cm³/mol. The van der Waals surface area contributed by atoms with Crippen LogP contribution in [-0.4, -0.2) is 45.9 Å². The molecule has 3 amide bonds. The van der Waals surface area contributed by atoms with Crippen molar-refractivity contribution in [3.8, 4) is 0 Å². The maximum Gasteiger partial charge on any atom is 0.258 e. The van der Waals surface area contributed by atoms with Crippen molar-refractivity contribution in [2.75, 3.05) is 13.1 Å². The van der Waals surface area contributed by atoms with Gasteiger partial charge in [0.15, 0.2) is 10.3 Å². The Kier molecular flexibility index (Phi) is 5.02. The van der Waals surface area contributed by atoms with Gasteiger partial charge < -0.3 is 16.4 Å². The van der Waals surface area contributed by atoms with E-state index in [1.807, 2.05) is 0 Å². The molecule has 10 heteroatoms. The summed E-state index contributed by atoms with van der Waals surface area (Å²) in [5, 5.41) is 6.60. The van der Waals surface area contributed by atoms with Crippen LogP contribution in [0.4, 0.5) is 0 Å². The summed E-state index contributed by atoms with van der Waals surface area (Å²) >= 11 is 11.3. The number of amides is 3. The largest absolute Gasteiger partial charge is 0.368 e. The van der Waals surface area contributed by atoms with Gasteiger partial charge in [0, 0.05) is 0 Å². The summed E-state index contributed by atoms with van der Waals surface area (Å²) in [4.78, 5) is 34.7. The van der Waals surface area contributed by atoms with Gasteiger partial charge in [-0.3, -0.25) is 14.4 Å². The van der Waals surface area contributed by atoms with Gasteiger partial charge in [0.2, 0.25) is 11.8 Å². The van der Waals surface area contributed by atoms with Crippen LogP contribution in [0.3, 0.4) is 0 Å². The van der Waals surface area contributed by atoms with Crippen LogP contribution in [0.25, 0.3) is 0 Å². The number of primary amides is 2. The Labute approximate surface area is 117 Å². The molecule has 0 aliphatic carbocycles. The minimum atomic E-state index is -0.807. The Morgan fingerprint density at radius 1 is 1.11 bits per heavy atom. The monoisotopic (exact) mass is 305 g/mol. The first-order valence-electron chi connectivity index (χ1n) is 4.86. The first-order chi connectivity index (χ1) is 8.81. The maximum atomic E-state index is 12.1. The van der Waals surface area contributed by atoms with Crippen LogP contribution >= 0.6 is 23.2 Å². The van der Waals surface area contributed by atoms with E-state index in [-0.39, 0.29) is 15.9 Å².